The van der Waals surface area contributed by atoms with Crippen LogP contribution in [0.15, 0.2) is 59.6 Å². The molecule has 0 spiro atoms. The molecule has 0 bridgehead atoms. The van der Waals surface area contributed by atoms with E-state index in [4.69, 9.17) is 0 Å². The van der Waals surface area contributed by atoms with Crippen LogP contribution in [0.25, 0.3) is 0 Å². The molecule has 1 atom stereocenters. The summed E-state index contributed by atoms with van der Waals surface area (Å²) in [6, 6.07) is 18.6. The molecule has 1 aliphatic rings. The van der Waals surface area contributed by atoms with Gasteiger partial charge in [0.1, 0.15) is 0 Å². The van der Waals surface area contributed by atoms with Crippen LogP contribution in [-0.2, 0) is 0 Å². The van der Waals surface area contributed by atoms with Gasteiger partial charge in [-0.05, 0) is 17.7 Å². The third-order valence-corrected chi connectivity index (χ3v) is 2.74. The van der Waals surface area contributed by atoms with Crippen molar-refractivity contribution in [2.24, 2.45) is 4.99 Å². The van der Waals surface area contributed by atoms with Gasteiger partial charge in [0.2, 0.25) is 0 Å². The van der Waals surface area contributed by atoms with E-state index in [2.05, 4.69) is 28.5 Å². The Morgan fingerprint density at radius 3 is 2.50 bits per heavy atom. The maximum absolute atomic E-state index is 4.46. The summed E-state index contributed by atoms with van der Waals surface area (Å²) >= 11 is 0. The molecule has 0 fully saturated rings. The molecule has 0 radical (unpaired) electrons. The van der Waals surface area contributed by atoms with E-state index < -0.39 is 0 Å². The highest BCUT2D eigenvalue weighted by atomic mass is 15.0. The standard InChI is InChI=1S/C14H12N2/c1-2-6-11(7-3-1)14-10-15-12-8-4-5-9-13(12)16-14/h1-10,14,16H. The molecule has 2 aromatic carbocycles. The van der Waals surface area contributed by atoms with Gasteiger partial charge < -0.3 is 5.32 Å². The minimum absolute atomic E-state index is 0.177. The number of benzene rings is 2. The quantitative estimate of drug-likeness (QED) is 0.761. The normalized spacial score (nSPS) is 17.6. The second-order valence-electron chi connectivity index (χ2n) is 3.83. The van der Waals surface area contributed by atoms with Crippen molar-refractivity contribution in [1.82, 2.24) is 0 Å². The van der Waals surface area contributed by atoms with E-state index >= 15 is 0 Å². The summed E-state index contributed by atoms with van der Waals surface area (Å²) < 4.78 is 0. The number of aliphatic imine (C=N–C) groups is 1. The maximum atomic E-state index is 4.46. The Bertz CT molecular complexity index is 517. The molecular weight excluding hydrogens is 196 g/mol. The Morgan fingerprint density at radius 1 is 0.875 bits per heavy atom. The topological polar surface area (TPSA) is 24.4 Å². The van der Waals surface area contributed by atoms with Gasteiger partial charge in [-0.15, -0.1) is 0 Å². The minimum atomic E-state index is 0.177. The number of hydrogen-bond acceptors (Lipinski definition) is 2. The number of hydrogen-bond donors (Lipinski definition) is 1. The second kappa shape index (κ2) is 3.81. The van der Waals surface area contributed by atoms with Gasteiger partial charge in [0.05, 0.1) is 17.4 Å². The molecular formula is C14H12N2. The monoisotopic (exact) mass is 208 g/mol. The predicted octanol–water partition coefficient (Wildman–Crippen LogP) is 3.56. The molecule has 0 saturated carbocycles. The van der Waals surface area contributed by atoms with E-state index in [1.807, 2.05) is 42.6 Å². The third-order valence-electron chi connectivity index (χ3n) is 2.74. The van der Waals surface area contributed by atoms with Gasteiger partial charge in [-0.2, -0.15) is 0 Å². The summed E-state index contributed by atoms with van der Waals surface area (Å²) in [5.41, 5.74) is 3.34. The summed E-state index contributed by atoms with van der Waals surface area (Å²) in [5.74, 6) is 0. The van der Waals surface area contributed by atoms with Crippen molar-refractivity contribution >= 4 is 17.6 Å². The first-order valence-corrected chi connectivity index (χ1v) is 5.38. The Labute approximate surface area is 94.7 Å². The predicted molar refractivity (Wildman–Crippen MR) is 67.4 cm³/mol. The molecule has 0 saturated heterocycles. The summed E-state index contributed by atoms with van der Waals surface area (Å²) in [5, 5.41) is 3.46. The van der Waals surface area contributed by atoms with Gasteiger partial charge in [0.25, 0.3) is 0 Å². The number of nitrogens with zero attached hydrogens (tertiary/aromatic N) is 1. The van der Waals surface area contributed by atoms with Crippen molar-refractivity contribution in [3.8, 4) is 0 Å². The molecule has 1 aliphatic heterocycles. The Balaban J connectivity index is 1.95. The molecule has 0 amide bonds. The molecule has 2 heteroatoms. The third kappa shape index (κ3) is 1.58. The van der Waals surface area contributed by atoms with Crippen LogP contribution < -0.4 is 5.32 Å². The van der Waals surface area contributed by atoms with Gasteiger partial charge in [0, 0.05) is 6.21 Å². The number of rotatable bonds is 1. The zero-order valence-electron chi connectivity index (χ0n) is 8.80. The van der Waals surface area contributed by atoms with Crippen LogP contribution in [0.4, 0.5) is 11.4 Å². The zero-order chi connectivity index (χ0) is 10.8. The van der Waals surface area contributed by atoms with Crippen LogP contribution in [0.5, 0.6) is 0 Å². The molecule has 2 nitrogen and oxygen atoms in total. The Hall–Kier alpha value is -2.09. The maximum Gasteiger partial charge on any atom is 0.0870 e. The highest BCUT2D eigenvalue weighted by molar-refractivity contribution is 5.83. The minimum Gasteiger partial charge on any atom is -0.372 e. The van der Waals surface area contributed by atoms with Crippen molar-refractivity contribution in [1.29, 1.82) is 0 Å². The van der Waals surface area contributed by atoms with Gasteiger partial charge >= 0.3 is 0 Å². The fourth-order valence-corrected chi connectivity index (χ4v) is 1.90. The van der Waals surface area contributed by atoms with Crippen LogP contribution in [-0.4, -0.2) is 6.21 Å². The molecule has 16 heavy (non-hydrogen) atoms. The molecule has 0 aliphatic carbocycles. The number of anilines is 1. The van der Waals surface area contributed by atoms with Crippen LogP contribution in [0.2, 0.25) is 0 Å². The van der Waals surface area contributed by atoms with Crippen molar-refractivity contribution in [2.45, 2.75) is 6.04 Å². The number of nitrogens with one attached hydrogen (secondary N) is 1. The van der Waals surface area contributed by atoms with Gasteiger partial charge in [-0.3, -0.25) is 4.99 Å². The van der Waals surface area contributed by atoms with Crippen molar-refractivity contribution < 1.29 is 0 Å². The fraction of sp³-hybridized carbons (Fsp3) is 0.0714. The van der Waals surface area contributed by atoms with E-state index in [0.29, 0.717) is 0 Å². The highest BCUT2D eigenvalue weighted by Crippen LogP contribution is 2.31. The van der Waals surface area contributed by atoms with E-state index in [0.717, 1.165) is 11.4 Å². The number of para-hydroxylation sites is 2. The first-order valence-electron chi connectivity index (χ1n) is 5.38. The highest BCUT2D eigenvalue weighted by Gasteiger charge is 2.14. The summed E-state index contributed by atoms with van der Waals surface area (Å²) in [6.45, 7) is 0. The molecule has 3 rings (SSSR count). The SMILES string of the molecule is C1=Nc2ccccc2NC1c1ccccc1. The van der Waals surface area contributed by atoms with E-state index in [9.17, 15) is 0 Å². The molecule has 1 N–H and O–H groups in total. The van der Waals surface area contributed by atoms with E-state index in [-0.39, 0.29) is 6.04 Å². The lowest BCUT2D eigenvalue weighted by molar-refractivity contribution is 1.04. The first-order chi connectivity index (χ1) is 7.93. The summed E-state index contributed by atoms with van der Waals surface area (Å²) in [7, 11) is 0. The second-order valence-corrected chi connectivity index (χ2v) is 3.83. The fourth-order valence-electron chi connectivity index (χ4n) is 1.90. The summed E-state index contributed by atoms with van der Waals surface area (Å²) in [4.78, 5) is 4.46. The molecule has 1 heterocycles. The number of fused-ring (bicyclic) bond motifs is 1. The first kappa shape index (κ1) is 9.16. The molecule has 2 aromatic rings. The van der Waals surface area contributed by atoms with Crippen LogP contribution in [0, 0.1) is 0 Å². The lowest BCUT2D eigenvalue weighted by Gasteiger charge is -2.21. The Morgan fingerprint density at radius 2 is 1.62 bits per heavy atom. The van der Waals surface area contributed by atoms with Crippen LogP contribution >= 0.6 is 0 Å². The van der Waals surface area contributed by atoms with Crippen LogP contribution in [0.1, 0.15) is 11.6 Å². The largest absolute Gasteiger partial charge is 0.372 e. The van der Waals surface area contributed by atoms with Gasteiger partial charge in [-0.25, -0.2) is 0 Å². The lowest BCUT2D eigenvalue weighted by Crippen LogP contribution is -2.14. The van der Waals surface area contributed by atoms with Gasteiger partial charge in [0.15, 0.2) is 0 Å². The van der Waals surface area contributed by atoms with Crippen molar-refractivity contribution in [3.05, 3.63) is 60.2 Å². The zero-order valence-corrected chi connectivity index (χ0v) is 8.80. The molecule has 1 unspecified atom stereocenters. The van der Waals surface area contributed by atoms with Gasteiger partial charge in [-0.1, -0.05) is 42.5 Å². The average molecular weight is 208 g/mol. The molecule has 78 valence electrons. The van der Waals surface area contributed by atoms with E-state index in [1.165, 1.54) is 5.56 Å². The van der Waals surface area contributed by atoms with Crippen molar-refractivity contribution in [2.75, 3.05) is 5.32 Å². The van der Waals surface area contributed by atoms with Crippen LogP contribution in [0.3, 0.4) is 0 Å². The average Bonchev–Trinajstić information content (AvgIpc) is 2.39. The molecule has 0 aromatic heterocycles. The lowest BCUT2D eigenvalue weighted by atomic mass is 10.1. The van der Waals surface area contributed by atoms with Crippen molar-refractivity contribution in [3.63, 3.8) is 0 Å². The summed E-state index contributed by atoms with van der Waals surface area (Å²) in [6.07, 6.45) is 1.96. The smallest absolute Gasteiger partial charge is 0.0870 e. The van der Waals surface area contributed by atoms with E-state index in [1.54, 1.807) is 0 Å². The Kier molecular flexibility index (Phi) is 2.18.